The minimum atomic E-state index is -1.66. The number of amides is 2. The van der Waals surface area contributed by atoms with Crippen LogP contribution in [0.5, 0.6) is 0 Å². The fraction of sp³-hybridized carbons (Fsp3) is 0.214. The molecule has 0 aliphatic heterocycles. The largest absolute Gasteiger partial charge is 0.480 e. The molecule has 0 fully saturated rings. The highest BCUT2D eigenvalue weighted by molar-refractivity contribution is 6.02. The first-order valence-electron chi connectivity index (χ1n) is 6.08. The SMILES string of the molecule is CC(=O)NC(=Cc1ccccc1)C(=O)NC(CF)C(=O)O. The summed E-state index contributed by atoms with van der Waals surface area (Å²) >= 11 is 0. The molecule has 1 unspecified atom stereocenters. The molecular formula is C14H15FN2O4. The molecule has 0 radical (unpaired) electrons. The van der Waals surface area contributed by atoms with Gasteiger partial charge in [0.1, 0.15) is 12.4 Å². The number of carbonyl (C=O) groups excluding carboxylic acids is 2. The summed E-state index contributed by atoms with van der Waals surface area (Å²) in [6.07, 6.45) is 1.37. The predicted molar refractivity (Wildman–Crippen MR) is 73.8 cm³/mol. The summed E-state index contributed by atoms with van der Waals surface area (Å²) in [6, 6.07) is 6.97. The molecule has 0 bridgehead atoms. The van der Waals surface area contributed by atoms with Crippen molar-refractivity contribution in [1.82, 2.24) is 10.6 Å². The maximum absolute atomic E-state index is 12.5. The zero-order chi connectivity index (χ0) is 15.8. The number of hydrogen-bond acceptors (Lipinski definition) is 3. The molecule has 112 valence electrons. The zero-order valence-electron chi connectivity index (χ0n) is 11.3. The molecule has 0 aromatic heterocycles. The van der Waals surface area contributed by atoms with Crippen molar-refractivity contribution in [3.05, 3.63) is 41.6 Å². The maximum Gasteiger partial charge on any atom is 0.328 e. The van der Waals surface area contributed by atoms with Gasteiger partial charge in [0.2, 0.25) is 5.91 Å². The van der Waals surface area contributed by atoms with Gasteiger partial charge in [0.05, 0.1) is 0 Å². The van der Waals surface area contributed by atoms with Crippen LogP contribution < -0.4 is 10.6 Å². The van der Waals surface area contributed by atoms with Crippen LogP contribution in [0.25, 0.3) is 6.08 Å². The Hall–Kier alpha value is -2.70. The molecule has 0 spiro atoms. The first-order valence-corrected chi connectivity index (χ1v) is 6.08. The minimum absolute atomic E-state index is 0.159. The Bertz CT molecular complexity index is 557. The van der Waals surface area contributed by atoms with Gasteiger partial charge in [0.25, 0.3) is 5.91 Å². The Morgan fingerprint density at radius 1 is 1.29 bits per heavy atom. The number of benzene rings is 1. The highest BCUT2D eigenvalue weighted by Gasteiger charge is 2.22. The smallest absolute Gasteiger partial charge is 0.328 e. The average molecular weight is 294 g/mol. The van der Waals surface area contributed by atoms with E-state index in [1.54, 1.807) is 30.3 Å². The maximum atomic E-state index is 12.5. The van der Waals surface area contributed by atoms with Crippen molar-refractivity contribution >= 4 is 23.9 Å². The molecule has 1 rings (SSSR count). The molecule has 0 heterocycles. The zero-order valence-corrected chi connectivity index (χ0v) is 11.3. The first-order chi connectivity index (χ1) is 9.93. The second-order valence-corrected chi connectivity index (χ2v) is 4.17. The van der Waals surface area contributed by atoms with Gasteiger partial charge in [-0.2, -0.15) is 0 Å². The molecule has 1 atom stereocenters. The Balaban J connectivity index is 2.97. The number of nitrogens with one attached hydrogen (secondary N) is 2. The van der Waals surface area contributed by atoms with Crippen molar-refractivity contribution in [1.29, 1.82) is 0 Å². The monoisotopic (exact) mass is 294 g/mol. The minimum Gasteiger partial charge on any atom is -0.480 e. The van der Waals surface area contributed by atoms with Gasteiger partial charge in [-0.15, -0.1) is 0 Å². The third kappa shape index (κ3) is 5.43. The van der Waals surface area contributed by atoms with E-state index in [1.807, 2.05) is 5.32 Å². The lowest BCUT2D eigenvalue weighted by Crippen LogP contribution is -2.45. The van der Waals surface area contributed by atoms with Crippen molar-refractivity contribution in [2.24, 2.45) is 0 Å². The number of aliphatic carboxylic acids is 1. The third-order valence-corrected chi connectivity index (χ3v) is 2.42. The number of halogens is 1. The van der Waals surface area contributed by atoms with Crippen LogP contribution in [-0.2, 0) is 14.4 Å². The fourth-order valence-electron chi connectivity index (χ4n) is 1.47. The van der Waals surface area contributed by atoms with Crippen LogP contribution in [0.3, 0.4) is 0 Å². The molecule has 1 aromatic carbocycles. The van der Waals surface area contributed by atoms with Crippen molar-refractivity contribution in [2.45, 2.75) is 13.0 Å². The molecule has 0 aliphatic rings. The molecular weight excluding hydrogens is 279 g/mol. The van der Waals surface area contributed by atoms with E-state index in [4.69, 9.17) is 5.11 Å². The highest BCUT2D eigenvalue weighted by atomic mass is 19.1. The van der Waals surface area contributed by atoms with E-state index in [0.717, 1.165) is 0 Å². The van der Waals surface area contributed by atoms with Gasteiger partial charge in [-0.25, -0.2) is 9.18 Å². The van der Waals surface area contributed by atoms with E-state index in [1.165, 1.54) is 13.0 Å². The van der Waals surface area contributed by atoms with Crippen LogP contribution in [0.1, 0.15) is 12.5 Å². The van der Waals surface area contributed by atoms with E-state index in [2.05, 4.69) is 5.32 Å². The molecule has 6 nitrogen and oxygen atoms in total. The van der Waals surface area contributed by atoms with Gasteiger partial charge in [0, 0.05) is 6.92 Å². The van der Waals surface area contributed by atoms with Crippen LogP contribution in [0.2, 0.25) is 0 Å². The van der Waals surface area contributed by atoms with Crippen molar-refractivity contribution in [3.8, 4) is 0 Å². The fourth-order valence-corrected chi connectivity index (χ4v) is 1.47. The molecule has 0 saturated carbocycles. The van der Waals surface area contributed by atoms with Crippen molar-refractivity contribution < 1.29 is 23.9 Å². The lowest BCUT2D eigenvalue weighted by molar-refractivity contribution is -0.141. The molecule has 0 aliphatic carbocycles. The summed E-state index contributed by atoms with van der Waals surface area (Å²) in [6.45, 7) is -0.0459. The van der Waals surface area contributed by atoms with Gasteiger partial charge in [0.15, 0.2) is 6.04 Å². The van der Waals surface area contributed by atoms with Crippen molar-refractivity contribution in [2.75, 3.05) is 6.67 Å². The first kappa shape index (κ1) is 16.4. The van der Waals surface area contributed by atoms with E-state index < -0.39 is 30.5 Å². The molecule has 1 aromatic rings. The second kappa shape index (κ2) is 7.78. The molecule has 21 heavy (non-hydrogen) atoms. The lowest BCUT2D eigenvalue weighted by Gasteiger charge is -2.13. The standard InChI is InChI=1S/C14H15FN2O4/c1-9(18)16-11(7-10-5-3-2-4-6-10)13(19)17-12(8-15)14(20)21/h2-7,12H,8H2,1H3,(H,16,18)(H,17,19)(H,20,21). The normalized spacial score (nSPS) is 12.4. The summed E-state index contributed by atoms with van der Waals surface area (Å²) in [5.41, 5.74) is 0.469. The van der Waals surface area contributed by atoms with Gasteiger partial charge >= 0.3 is 5.97 Å². The number of alkyl halides is 1. The molecule has 7 heteroatoms. The van der Waals surface area contributed by atoms with Crippen LogP contribution >= 0.6 is 0 Å². The Kier molecular flexibility index (Phi) is 6.06. The summed E-state index contributed by atoms with van der Waals surface area (Å²) < 4.78 is 12.5. The number of carbonyl (C=O) groups is 3. The summed E-state index contributed by atoms with van der Waals surface area (Å²) in [5.74, 6) is -2.87. The van der Waals surface area contributed by atoms with Crippen LogP contribution in [0, 0.1) is 0 Å². The average Bonchev–Trinajstić information content (AvgIpc) is 2.44. The number of carboxylic acids is 1. The number of carboxylic acid groups (broad SMARTS) is 1. The van der Waals surface area contributed by atoms with E-state index in [-0.39, 0.29) is 5.70 Å². The van der Waals surface area contributed by atoms with Crippen LogP contribution in [-0.4, -0.2) is 35.6 Å². The predicted octanol–water partition coefficient (Wildman–Crippen LogP) is 0.703. The summed E-state index contributed by atoms with van der Waals surface area (Å²) in [5, 5.41) is 13.0. The topological polar surface area (TPSA) is 95.5 Å². The molecule has 2 amide bonds. The van der Waals surface area contributed by atoms with Gasteiger partial charge in [-0.1, -0.05) is 30.3 Å². The third-order valence-electron chi connectivity index (χ3n) is 2.42. The van der Waals surface area contributed by atoms with Crippen LogP contribution in [0.15, 0.2) is 36.0 Å². The van der Waals surface area contributed by atoms with Crippen molar-refractivity contribution in [3.63, 3.8) is 0 Å². The van der Waals surface area contributed by atoms with Crippen LogP contribution in [0.4, 0.5) is 4.39 Å². The van der Waals surface area contributed by atoms with E-state index in [0.29, 0.717) is 5.56 Å². The number of rotatable bonds is 6. The second-order valence-electron chi connectivity index (χ2n) is 4.17. The Morgan fingerprint density at radius 2 is 1.90 bits per heavy atom. The molecule has 3 N–H and O–H groups in total. The molecule has 0 saturated heterocycles. The van der Waals surface area contributed by atoms with Gasteiger partial charge < -0.3 is 15.7 Å². The quantitative estimate of drug-likeness (QED) is 0.673. The van der Waals surface area contributed by atoms with Gasteiger partial charge in [-0.05, 0) is 11.6 Å². The summed E-state index contributed by atoms with van der Waals surface area (Å²) in [7, 11) is 0. The Labute approximate surface area is 120 Å². The lowest BCUT2D eigenvalue weighted by atomic mass is 10.2. The van der Waals surface area contributed by atoms with E-state index in [9.17, 15) is 18.8 Å². The number of hydrogen-bond donors (Lipinski definition) is 3. The van der Waals surface area contributed by atoms with E-state index >= 15 is 0 Å². The summed E-state index contributed by atoms with van der Waals surface area (Å²) in [4.78, 5) is 33.8. The Morgan fingerprint density at radius 3 is 2.38 bits per heavy atom. The van der Waals surface area contributed by atoms with Gasteiger partial charge in [-0.3, -0.25) is 9.59 Å². The highest BCUT2D eigenvalue weighted by Crippen LogP contribution is 2.05.